The molecule has 0 spiro atoms. The minimum Gasteiger partial charge on any atom is -0.312 e. The summed E-state index contributed by atoms with van der Waals surface area (Å²) >= 11 is 0. The fraction of sp³-hybridized carbons (Fsp3) is 0.750. The van der Waals surface area contributed by atoms with Crippen LogP contribution in [0, 0.1) is 11.3 Å². The zero-order chi connectivity index (χ0) is 13.7. The highest BCUT2D eigenvalue weighted by Crippen LogP contribution is 2.45. The van der Waals surface area contributed by atoms with Gasteiger partial charge in [0.05, 0.1) is 0 Å². The van der Waals surface area contributed by atoms with Crippen LogP contribution in [0.2, 0.25) is 0 Å². The number of aryl methyl sites for hydroxylation is 1. The molecule has 0 atom stereocenters. The largest absolute Gasteiger partial charge is 0.312 e. The van der Waals surface area contributed by atoms with Crippen LogP contribution in [0.1, 0.15) is 57.8 Å². The van der Waals surface area contributed by atoms with Crippen molar-refractivity contribution in [3.05, 3.63) is 23.8 Å². The lowest BCUT2D eigenvalue weighted by Gasteiger charge is -2.43. The van der Waals surface area contributed by atoms with Gasteiger partial charge in [-0.1, -0.05) is 27.2 Å². The fourth-order valence-corrected chi connectivity index (χ4v) is 3.12. The minimum atomic E-state index is 0.568. The van der Waals surface area contributed by atoms with Gasteiger partial charge in [-0.2, -0.15) is 0 Å². The van der Waals surface area contributed by atoms with Gasteiger partial charge >= 0.3 is 0 Å². The van der Waals surface area contributed by atoms with Crippen LogP contribution in [0.15, 0.2) is 12.4 Å². The summed E-state index contributed by atoms with van der Waals surface area (Å²) in [7, 11) is 0. The van der Waals surface area contributed by atoms with Crippen molar-refractivity contribution < 1.29 is 0 Å². The van der Waals surface area contributed by atoms with Crippen molar-refractivity contribution in [2.24, 2.45) is 11.3 Å². The summed E-state index contributed by atoms with van der Waals surface area (Å²) < 4.78 is 0. The lowest BCUT2D eigenvalue weighted by atomic mass is 9.64. The molecule has 0 saturated heterocycles. The summed E-state index contributed by atoms with van der Waals surface area (Å²) in [4.78, 5) is 8.69. The molecule has 0 bridgehead atoms. The van der Waals surface area contributed by atoms with E-state index in [2.05, 4.69) is 36.1 Å². The molecule has 1 aliphatic carbocycles. The molecule has 3 heteroatoms. The Morgan fingerprint density at radius 3 is 2.42 bits per heavy atom. The molecule has 19 heavy (non-hydrogen) atoms. The van der Waals surface area contributed by atoms with Gasteiger partial charge in [-0.3, -0.25) is 0 Å². The normalized spacial score (nSPS) is 17.5. The van der Waals surface area contributed by atoms with Crippen LogP contribution < -0.4 is 5.32 Å². The first kappa shape index (κ1) is 14.4. The number of hydrogen-bond acceptors (Lipinski definition) is 3. The van der Waals surface area contributed by atoms with Crippen molar-refractivity contribution in [1.29, 1.82) is 0 Å². The number of aromatic nitrogens is 2. The van der Waals surface area contributed by atoms with Crippen LogP contribution in [0.4, 0.5) is 0 Å². The maximum absolute atomic E-state index is 4.34. The van der Waals surface area contributed by atoms with Crippen LogP contribution in [0.25, 0.3) is 0 Å². The molecule has 2 rings (SSSR count). The molecule has 3 nitrogen and oxygen atoms in total. The van der Waals surface area contributed by atoms with E-state index in [0.29, 0.717) is 5.41 Å². The van der Waals surface area contributed by atoms with Crippen LogP contribution in [-0.4, -0.2) is 16.5 Å². The maximum Gasteiger partial charge on any atom is 0.127 e. The first-order valence-electron chi connectivity index (χ1n) is 7.64. The second-order valence-corrected chi connectivity index (χ2v) is 6.42. The van der Waals surface area contributed by atoms with Crippen LogP contribution in [0.5, 0.6) is 0 Å². The van der Waals surface area contributed by atoms with Crippen molar-refractivity contribution in [2.75, 3.05) is 6.54 Å². The van der Waals surface area contributed by atoms with Gasteiger partial charge in [-0.15, -0.1) is 0 Å². The number of nitrogens with zero attached hydrogens (tertiary/aromatic N) is 2. The molecule has 0 unspecified atom stereocenters. The van der Waals surface area contributed by atoms with E-state index in [4.69, 9.17) is 0 Å². The van der Waals surface area contributed by atoms with Gasteiger partial charge in [0.2, 0.25) is 0 Å². The van der Waals surface area contributed by atoms with Gasteiger partial charge < -0.3 is 5.32 Å². The topological polar surface area (TPSA) is 37.8 Å². The summed E-state index contributed by atoms with van der Waals surface area (Å²) in [5.74, 6) is 1.73. The van der Waals surface area contributed by atoms with E-state index >= 15 is 0 Å². The molecule has 106 valence electrons. The summed E-state index contributed by atoms with van der Waals surface area (Å²) in [5.41, 5.74) is 1.76. The third kappa shape index (κ3) is 4.00. The summed E-state index contributed by atoms with van der Waals surface area (Å²) in [6.07, 6.45) is 10.4. The van der Waals surface area contributed by atoms with Crippen molar-refractivity contribution in [3.8, 4) is 0 Å². The molecule has 1 aromatic heterocycles. The molecule has 1 aromatic rings. The molecular weight excluding hydrogens is 234 g/mol. The highest BCUT2D eigenvalue weighted by molar-refractivity contribution is 5.05. The van der Waals surface area contributed by atoms with Gasteiger partial charge in [0, 0.05) is 37.5 Å². The van der Waals surface area contributed by atoms with E-state index in [1.165, 1.54) is 31.2 Å². The van der Waals surface area contributed by atoms with E-state index in [1.807, 2.05) is 12.4 Å². The Balaban J connectivity index is 1.78. The Morgan fingerprint density at radius 1 is 1.26 bits per heavy atom. The van der Waals surface area contributed by atoms with Crippen molar-refractivity contribution >= 4 is 0 Å². The Hall–Kier alpha value is -0.960. The first-order chi connectivity index (χ1) is 9.13. The predicted octanol–water partition coefficient (Wildman–Crippen LogP) is 3.35. The average molecular weight is 261 g/mol. The molecule has 1 aliphatic rings. The summed E-state index contributed by atoms with van der Waals surface area (Å²) in [6, 6.07) is 0. The second-order valence-electron chi connectivity index (χ2n) is 6.42. The standard InChI is InChI=1S/C16H27N3/c1-4-15-18-10-14(11-19-15)9-17-12-16(6-5-7-16)8-13(2)3/h10-11,13,17H,4-9,12H2,1-3H3. The van der Waals surface area contributed by atoms with E-state index in [-0.39, 0.29) is 0 Å². The van der Waals surface area contributed by atoms with Crippen molar-refractivity contribution in [2.45, 2.75) is 59.4 Å². The Morgan fingerprint density at radius 2 is 1.95 bits per heavy atom. The average Bonchev–Trinajstić information content (AvgIpc) is 2.36. The minimum absolute atomic E-state index is 0.568. The number of nitrogens with one attached hydrogen (secondary N) is 1. The quantitative estimate of drug-likeness (QED) is 0.818. The maximum atomic E-state index is 4.34. The van der Waals surface area contributed by atoms with Gasteiger partial charge in [-0.05, 0) is 30.6 Å². The summed E-state index contributed by atoms with van der Waals surface area (Å²) in [5, 5.41) is 3.61. The predicted molar refractivity (Wildman–Crippen MR) is 78.9 cm³/mol. The summed E-state index contributed by atoms with van der Waals surface area (Å²) in [6.45, 7) is 8.78. The second kappa shape index (κ2) is 6.47. The van der Waals surface area contributed by atoms with Crippen LogP contribution in [-0.2, 0) is 13.0 Å². The van der Waals surface area contributed by atoms with Crippen molar-refractivity contribution in [3.63, 3.8) is 0 Å². The smallest absolute Gasteiger partial charge is 0.127 e. The molecule has 1 saturated carbocycles. The molecule has 0 aromatic carbocycles. The number of rotatable bonds is 7. The van der Waals surface area contributed by atoms with E-state index < -0.39 is 0 Å². The molecule has 1 fully saturated rings. The van der Waals surface area contributed by atoms with Crippen LogP contribution >= 0.6 is 0 Å². The zero-order valence-electron chi connectivity index (χ0n) is 12.6. The lowest BCUT2D eigenvalue weighted by Crippen LogP contribution is -2.40. The molecule has 0 aliphatic heterocycles. The van der Waals surface area contributed by atoms with Gasteiger partial charge in [0.25, 0.3) is 0 Å². The molecule has 0 amide bonds. The van der Waals surface area contributed by atoms with Crippen molar-refractivity contribution in [1.82, 2.24) is 15.3 Å². The first-order valence-corrected chi connectivity index (χ1v) is 7.64. The van der Waals surface area contributed by atoms with Gasteiger partial charge in [0.1, 0.15) is 5.82 Å². The van der Waals surface area contributed by atoms with Gasteiger partial charge in [-0.25, -0.2) is 9.97 Å². The van der Waals surface area contributed by atoms with Crippen LogP contribution in [0.3, 0.4) is 0 Å². The lowest BCUT2D eigenvalue weighted by molar-refractivity contribution is 0.0979. The Labute approximate surface area is 117 Å². The zero-order valence-corrected chi connectivity index (χ0v) is 12.6. The van der Waals surface area contributed by atoms with E-state index in [1.54, 1.807) is 0 Å². The Bertz CT molecular complexity index is 379. The Kier molecular flexibility index (Phi) is 4.92. The highest BCUT2D eigenvalue weighted by atomic mass is 14.9. The van der Waals surface area contributed by atoms with E-state index in [9.17, 15) is 0 Å². The number of hydrogen-bond donors (Lipinski definition) is 1. The highest BCUT2D eigenvalue weighted by Gasteiger charge is 2.36. The van der Waals surface area contributed by atoms with E-state index in [0.717, 1.165) is 31.3 Å². The third-order valence-electron chi connectivity index (χ3n) is 4.16. The SMILES string of the molecule is CCc1ncc(CNCC2(CC(C)C)CCC2)cn1. The third-order valence-corrected chi connectivity index (χ3v) is 4.16. The van der Waals surface area contributed by atoms with Gasteiger partial charge in [0.15, 0.2) is 0 Å². The fourth-order valence-electron chi connectivity index (χ4n) is 3.12. The monoisotopic (exact) mass is 261 g/mol. The molecule has 0 radical (unpaired) electrons. The molecule has 1 N–H and O–H groups in total. The molecular formula is C16H27N3. The molecule has 1 heterocycles.